The second-order valence-electron chi connectivity index (χ2n) is 7.52. The van der Waals surface area contributed by atoms with Gasteiger partial charge >= 0.3 is 6.18 Å². The average molecular weight is 449 g/mol. The minimum atomic E-state index is -4.47. The van der Waals surface area contributed by atoms with Crippen molar-refractivity contribution in [2.24, 2.45) is 0 Å². The summed E-state index contributed by atoms with van der Waals surface area (Å²) in [7, 11) is 1.50. The van der Waals surface area contributed by atoms with Crippen molar-refractivity contribution in [3.63, 3.8) is 0 Å². The van der Waals surface area contributed by atoms with Crippen LogP contribution < -0.4 is 14.8 Å². The Kier molecular flexibility index (Phi) is 5.96. The van der Waals surface area contributed by atoms with Crippen LogP contribution in [0.15, 0.2) is 36.5 Å². The average Bonchev–Trinajstić information content (AvgIpc) is 3.44. The molecule has 3 aromatic rings. The number of benzene rings is 2. The van der Waals surface area contributed by atoms with E-state index in [2.05, 4.69) is 15.5 Å². The lowest BCUT2D eigenvalue weighted by molar-refractivity contribution is -0.137. The van der Waals surface area contributed by atoms with Gasteiger partial charge in [0, 0.05) is 12.6 Å². The van der Waals surface area contributed by atoms with Crippen LogP contribution in [0, 0.1) is 0 Å². The normalized spacial score (nSPS) is 17.3. The number of nitrogens with zero attached hydrogens (tertiary/aromatic N) is 1. The Hall–Kier alpha value is -3.27. The van der Waals surface area contributed by atoms with E-state index in [9.17, 15) is 18.0 Å². The zero-order valence-corrected chi connectivity index (χ0v) is 17.5. The molecule has 1 aliphatic rings. The third-order valence-corrected chi connectivity index (χ3v) is 5.33. The van der Waals surface area contributed by atoms with Crippen molar-refractivity contribution < 1.29 is 32.2 Å². The van der Waals surface area contributed by atoms with E-state index < -0.39 is 23.7 Å². The van der Waals surface area contributed by atoms with E-state index in [4.69, 9.17) is 14.2 Å². The van der Waals surface area contributed by atoms with Crippen LogP contribution >= 0.6 is 0 Å². The molecular formula is C22H22F3N3O4. The van der Waals surface area contributed by atoms with Gasteiger partial charge in [-0.25, -0.2) is 0 Å². The standard InChI is InChI=1S/C22H22F3N3O4/c1-12(13-4-3-5-14(8-13)22(23,24)25)27-21(29)16-9-18(32-15-6-7-31-11-15)20(30-2)17-10-26-28-19(16)17/h3-5,8-10,12,15H,6-7,11H2,1-2H3,(H,26,28)(H,27,29)/t12?,15-/m0/s1. The fourth-order valence-corrected chi connectivity index (χ4v) is 3.66. The minimum Gasteiger partial charge on any atom is -0.492 e. The Labute approximate surface area is 181 Å². The molecule has 170 valence electrons. The van der Waals surface area contributed by atoms with Gasteiger partial charge in [-0.1, -0.05) is 12.1 Å². The summed E-state index contributed by atoms with van der Waals surface area (Å²) in [6, 6.07) is 5.73. The van der Waals surface area contributed by atoms with Gasteiger partial charge in [-0.2, -0.15) is 18.3 Å². The lowest BCUT2D eigenvalue weighted by atomic mass is 10.0. The highest BCUT2D eigenvalue weighted by Gasteiger charge is 2.31. The molecule has 2 atom stereocenters. The number of fused-ring (bicyclic) bond motifs is 1. The molecule has 32 heavy (non-hydrogen) atoms. The quantitative estimate of drug-likeness (QED) is 0.588. The first-order chi connectivity index (χ1) is 15.3. The molecule has 0 spiro atoms. The molecule has 2 N–H and O–H groups in total. The molecule has 0 radical (unpaired) electrons. The smallest absolute Gasteiger partial charge is 0.416 e. The Morgan fingerprint density at radius 1 is 1.34 bits per heavy atom. The molecule has 10 heteroatoms. The maximum atomic E-state index is 13.1. The van der Waals surface area contributed by atoms with Gasteiger partial charge < -0.3 is 19.5 Å². The van der Waals surface area contributed by atoms with Gasteiger partial charge in [0.25, 0.3) is 5.91 Å². The Morgan fingerprint density at radius 3 is 2.84 bits per heavy atom. The minimum absolute atomic E-state index is 0.173. The lowest BCUT2D eigenvalue weighted by Crippen LogP contribution is -2.27. The number of H-pyrrole nitrogens is 1. The number of carbonyl (C=O) groups excluding carboxylic acids is 1. The van der Waals surface area contributed by atoms with Crippen LogP contribution in [0.25, 0.3) is 10.9 Å². The molecule has 1 aliphatic heterocycles. The molecular weight excluding hydrogens is 427 g/mol. The van der Waals surface area contributed by atoms with Gasteiger partial charge in [-0.3, -0.25) is 9.89 Å². The van der Waals surface area contributed by atoms with Crippen molar-refractivity contribution in [1.82, 2.24) is 15.5 Å². The van der Waals surface area contributed by atoms with Gasteiger partial charge in [-0.05, 0) is 30.7 Å². The highest BCUT2D eigenvalue weighted by molar-refractivity contribution is 6.08. The van der Waals surface area contributed by atoms with Crippen LogP contribution in [-0.4, -0.2) is 42.5 Å². The summed E-state index contributed by atoms with van der Waals surface area (Å²) in [5.41, 5.74) is 0.143. The predicted molar refractivity (Wildman–Crippen MR) is 110 cm³/mol. The summed E-state index contributed by atoms with van der Waals surface area (Å²) < 4.78 is 56.0. The highest BCUT2D eigenvalue weighted by Crippen LogP contribution is 2.38. The molecule has 0 saturated carbocycles. The Bertz CT molecular complexity index is 1120. The molecule has 1 amide bonds. The summed E-state index contributed by atoms with van der Waals surface area (Å²) >= 11 is 0. The van der Waals surface area contributed by atoms with Gasteiger partial charge in [-0.15, -0.1) is 0 Å². The largest absolute Gasteiger partial charge is 0.492 e. The SMILES string of the molecule is COc1c(O[C@H]2CCOC2)cc(C(=O)NC(C)c2cccc(C(F)(F)F)c2)c2n[nH]cc12. The monoisotopic (exact) mass is 449 g/mol. The van der Waals surface area contributed by atoms with Crippen molar-refractivity contribution in [3.8, 4) is 11.5 Å². The zero-order chi connectivity index (χ0) is 22.9. The molecule has 0 bridgehead atoms. The second kappa shape index (κ2) is 8.70. The number of nitrogens with one attached hydrogen (secondary N) is 2. The number of hydrogen-bond acceptors (Lipinski definition) is 5. The lowest BCUT2D eigenvalue weighted by Gasteiger charge is -2.19. The van der Waals surface area contributed by atoms with Crippen molar-refractivity contribution >= 4 is 16.8 Å². The van der Waals surface area contributed by atoms with E-state index in [0.29, 0.717) is 47.6 Å². The number of alkyl halides is 3. The van der Waals surface area contributed by atoms with E-state index in [1.54, 1.807) is 13.1 Å². The van der Waals surface area contributed by atoms with E-state index in [1.165, 1.54) is 25.3 Å². The predicted octanol–water partition coefficient (Wildman–Crippen LogP) is 4.25. The van der Waals surface area contributed by atoms with Crippen molar-refractivity contribution in [3.05, 3.63) is 53.2 Å². The van der Waals surface area contributed by atoms with Gasteiger partial charge in [0.1, 0.15) is 11.6 Å². The molecule has 2 heterocycles. The summed E-state index contributed by atoms with van der Waals surface area (Å²) in [6.07, 6.45) is -2.33. The molecule has 1 saturated heterocycles. The van der Waals surface area contributed by atoms with E-state index >= 15 is 0 Å². The number of aromatic nitrogens is 2. The first-order valence-electron chi connectivity index (χ1n) is 10.0. The highest BCUT2D eigenvalue weighted by atomic mass is 19.4. The fraction of sp³-hybridized carbons (Fsp3) is 0.364. The third-order valence-electron chi connectivity index (χ3n) is 5.33. The van der Waals surface area contributed by atoms with E-state index in [0.717, 1.165) is 12.1 Å². The van der Waals surface area contributed by atoms with Crippen LogP contribution in [0.2, 0.25) is 0 Å². The van der Waals surface area contributed by atoms with E-state index in [-0.39, 0.29) is 11.7 Å². The van der Waals surface area contributed by atoms with Gasteiger partial charge in [0.15, 0.2) is 11.5 Å². The summed E-state index contributed by atoms with van der Waals surface area (Å²) in [5, 5.41) is 10.2. The molecule has 4 rings (SSSR count). The number of ether oxygens (including phenoxy) is 3. The third kappa shape index (κ3) is 4.36. The van der Waals surface area contributed by atoms with Gasteiger partial charge in [0.2, 0.25) is 0 Å². The maximum absolute atomic E-state index is 13.1. The first kappa shape index (κ1) is 21.9. The van der Waals surface area contributed by atoms with E-state index in [1.807, 2.05) is 0 Å². The van der Waals surface area contributed by atoms with Crippen molar-refractivity contribution in [2.45, 2.75) is 31.7 Å². The van der Waals surface area contributed by atoms with Crippen LogP contribution in [0.3, 0.4) is 0 Å². The van der Waals surface area contributed by atoms with Crippen molar-refractivity contribution in [2.75, 3.05) is 20.3 Å². The van der Waals surface area contributed by atoms with Crippen LogP contribution in [0.1, 0.15) is 40.9 Å². The number of amides is 1. The summed E-state index contributed by atoms with van der Waals surface area (Å²) in [4.78, 5) is 13.1. The molecule has 7 nitrogen and oxygen atoms in total. The number of halogens is 3. The topological polar surface area (TPSA) is 85.5 Å². The number of rotatable bonds is 6. The molecule has 1 unspecified atom stereocenters. The molecule has 2 aromatic carbocycles. The molecule has 0 aliphatic carbocycles. The maximum Gasteiger partial charge on any atom is 0.416 e. The number of methoxy groups -OCH3 is 1. The first-order valence-corrected chi connectivity index (χ1v) is 10.0. The van der Waals surface area contributed by atoms with Gasteiger partial charge in [0.05, 0.1) is 42.9 Å². The molecule has 1 fully saturated rings. The Morgan fingerprint density at radius 2 is 2.16 bits per heavy atom. The molecule has 1 aromatic heterocycles. The van der Waals surface area contributed by atoms with Crippen molar-refractivity contribution in [1.29, 1.82) is 0 Å². The fourth-order valence-electron chi connectivity index (χ4n) is 3.66. The van der Waals surface area contributed by atoms with Crippen LogP contribution in [0.4, 0.5) is 13.2 Å². The number of hydrogen-bond donors (Lipinski definition) is 2. The number of aromatic amines is 1. The number of carbonyl (C=O) groups is 1. The summed E-state index contributed by atoms with van der Waals surface area (Å²) in [5.74, 6) is 0.305. The second-order valence-corrected chi connectivity index (χ2v) is 7.52. The van der Waals surface area contributed by atoms with Crippen LogP contribution in [-0.2, 0) is 10.9 Å². The zero-order valence-electron chi connectivity index (χ0n) is 17.5. The summed E-state index contributed by atoms with van der Waals surface area (Å²) in [6.45, 7) is 2.63. The van der Waals surface area contributed by atoms with Crippen LogP contribution in [0.5, 0.6) is 11.5 Å². The Balaban J connectivity index is 1.64.